The molecule has 0 bridgehead atoms. The van der Waals surface area contributed by atoms with Crippen LogP contribution in [0.4, 0.5) is 5.69 Å². The fourth-order valence-electron chi connectivity index (χ4n) is 2.21. The van der Waals surface area contributed by atoms with Crippen LogP contribution in [0.1, 0.15) is 16.9 Å². The average Bonchev–Trinajstić information content (AvgIpc) is 2.91. The summed E-state index contributed by atoms with van der Waals surface area (Å²) in [5.74, 6) is 0.974. The van der Waals surface area contributed by atoms with Crippen LogP contribution in [-0.4, -0.2) is 12.5 Å². The van der Waals surface area contributed by atoms with Gasteiger partial charge in [0.1, 0.15) is 5.75 Å². The molecule has 0 aliphatic carbocycles. The van der Waals surface area contributed by atoms with E-state index in [-0.39, 0.29) is 5.91 Å². The topological polar surface area (TPSA) is 38.3 Å². The van der Waals surface area contributed by atoms with Crippen molar-refractivity contribution in [3.8, 4) is 5.75 Å². The maximum absolute atomic E-state index is 11.9. The monoisotopic (exact) mass is 273 g/mol. The molecule has 1 aromatic heterocycles. The Balaban J connectivity index is 1.67. The van der Waals surface area contributed by atoms with Gasteiger partial charge in [0.2, 0.25) is 5.91 Å². The highest BCUT2D eigenvalue weighted by Crippen LogP contribution is 2.27. The smallest absolute Gasteiger partial charge is 0.229 e. The van der Waals surface area contributed by atoms with Crippen LogP contribution in [0.5, 0.6) is 5.75 Å². The van der Waals surface area contributed by atoms with Crippen molar-refractivity contribution in [3.05, 3.63) is 46.2 Å². The lowest BCUT2D eigenvalue weighted by molar-refractivity contribution is -0.115. The first-order valence-corrected chi connectivity index (χ1v) is 7.27. The van der Waals surface area contributed by atoms with Gasteiger partial charge in [0.25, 0.3) is 0 Å². The summed E-state index contributed by atoms with van der Waals surface area (Å²) in [5.41, 5.74) is 2.03. The van der Waals surface area contributed by atoms with Gasteiger partial charge in [0.15, 0.2) is 0 Å². The summed E-state index contributed by atoms with van der Waals surface area (Å²) in [5, 5.41) is 4.93. The maximum atomic E-state index is 11.9. The number of hydrogen-bond donors (Lipinski definition) is 1. The highest BCUT2D eigenvalue weighted by atomic mass is 32.1. The Morgan fingerprint density at radius 1 is 1.37 bits per heavy atom. The third kappa shape index (κ3) is 2.96. The zero-order valence-electron chi connectivity index (χ0n) is 10.5. The number of rotatable bonds is 3. The molecule has 2 heterocycles. The molecule has 1 aromatic carbocycles. The predicted molar refractivity (Wildman–Crippen MR) is 76.9 cm³/mol. The molecular formula is C15H15NO2S. The number of aryl methyl sites for hydroxylation is 1. The number of thiophene rings is 1. The van der Waals surface area contributed by atoms with E-state index in [9.17, 15) is 4.79 Å². The average molecular weight is 273 g/mol. The van der Waals surface area contributed by atoms with Crippen LogP contribution in [0, 0.1) is 0 Å². The fraction of sp³-hybridized carbons (Fsp3) is 0.267. The number of nitrogens with one attached hydrogen (secondary N) is 1. The Kier molecular flexibility index (Phi) is 3.51. The Hall–Kier alpha value is -1.81. The SMILES string of the molecule is O=C(Cc1cccs1)Nc1ccc2c(c1)CCCO2. The van der Waals surface area contributed by atoms with Gasteiger partial charge in [-0.25, -0.2) is 0 Å². The van der Waals surface area contributed by atoms with Crippen molar-refractivity contribution in [2.45, 2.75) is 19.3 Å². The molecule has 3 rings (SSSR count). The van der Waals surface area contributed by atoms with Crippen LogP contribution in [0.15, 0.2) is 35.7 Å². The zero-order chi connectivity index (χ0) is 13.1. The van der Waals surface area contributed by atoms with Gasteiger partial charge in [-0.15, -0.1) is 11.3 Å². The molecule has 0 saturated carbocycles. The summed E-state index contributed by atoms with van der Waals surface area (Å²) in [6, 6.07) is 9.79. The summed E-state index contributed by atoms with van der Waals surface area (Å²) < 4.78 is 5.56. The lowest BCUT2D eigenvalue weighted by Crippen LogP contribution is -2.14. The van der Waals surface area contributed by atoms with Crippen LogP contribution < -0.4 is 10.1 Å². The number of anilines is 1. The van der Waals surface area contributed by atoms with E-state index in [0.717, 1.165) is 35.8 Å². The van der Waals surface area contributed by atoms with Gasteiger partial charge in [0, 0.05) is 10.6 Å². The Morgan fingerprint density at radius 2 is 2.32 bits per heavy atom. The molecule has 0 radical (unpaired) electrons. The van der Waals surface area contributed by atoms with Crippen molar-refractivity contribution < 1.29 is 9.53 Å². The van der Waals surface area contributed by atoms with Crippen LogP contribution in [-0.2, 0) is 17.6 Å². The van der Waals surface area contributed by atoms with Crippen molar-refractivity contribution in [2.75, 3.05) is 11.9 Å². The molecule has 1 aliphatic heterocycles. The third-order valence-electron chi connectivity index (χ3n) is 3.11. The Labute approximate surface area is 116 Å². The largest absolute Gasteiger partial charge is 0.493 e. The van der Waals surface area contributed by atoms with Gasteiger partial charge < -0.3 is 10.1 Å². The number of amides is 1. The predicted octanol–water partition coefficient (Wildman–Crippen LogP) is 3.25. The van der Waals surface area contributed by atoms with E-state index in [0.29, 0.717) is 6.42 Å². The van der Waals surface area contributed by atoms with Gasteiger partial charge in [-0.05, 0) is 48.1 Å². The van der Waals surface area contributed by atoms with Crippen LogP contribution in [0.3, 0.4) is 0 Å². The summed E-state index contributed by atoms with van der Waals surface area (Å²) in [6.07, 6.45) is 2.49. The fourth-order valence-corrected chi connectivity index (χ4v) is 2.92. The van der Waals surface area contributed by atoms with Gasteiger partial charge in [-0.1, -0.05) is 6.07 Å². The number of benzene rings is 1. The minimum absolute atomic E-state index is 0.0270. The van der Waals surface area contributed by atoms with Crippen molar-refractivity contribution in [1.82, 2.24) is 0 Å². The molecule has 19 heavy (non-hydrogen) atoms. The molecule has 0 fully saturated rings. The van der Waals surface area contributed by atoms with E-state index in [4.69, 9.17) is 4.74 Å². The van der Waals surface area contributed by atoms with Gasteiger partial charge >= 0.3 is 0 Å². The lowest BCUT2D eigenvalue weighted by atomic mass is 10.1. The van der Waals surface area contributed by atoms with E-state index in [2.05, 4.69) is 5.32 Å². The quantitative estimate of drug-likeness (QED) is 0.932. The van der Waals surface area contributed by atoms with Gasteiger partial charge in [0.05, 0.1) is 13.0 Å². The Bertz CT molecular complexity index is 578. The molecule has 2 aromatic rings. The first-order chi connectivity index (χ1) is 9.31. The molecule has 4 heteroatoms. The zero-order valence-corrected chi connectivity index (χ0v) is 11.3. The normalized spacial score (nSPS) is 13.5. The molecular weight excluding hydrogens is 258 g/mol. The second-order valence-corrected chi connectivity index (χ2v) is 5.61. The maximum Gasteiger partial charge on any atom is 0.229 e. The second kappa shape index (κ2) is 5.45. The number of hydrogen-bond acceptors (Lipinski definition) is 3. The van der Waals surface area contributed by atoms with E-state index < -0.39 is 0 Å². The minimum Gasteiger partial charge on any atom is -0.493 e. The van der Waals surface area contributed by atoms with Crippen molar-refractivity contribution in [1.29, 1.82) is 0 Å². The molecule has 0 unspecified atom stereocenters. The van der Waals surface area contributed by atoms with Gasteiger partial charge in [-0.2, -0.15) is 0 Å². The van der Waals surface area contributed by atoms with E-state index >= 15 is 0 Å². The number of carbonyl (C=O) groups excluding carboxylic acids is 1. The summed E-state index contributed by atoms with van der Waals surface area (Å²) >= 11 is 1.60. The van der Waals surface area contributed by atoms with E-state index in [1.54, 1.807) is 11.3 Å². The van der Waals surface area contributed by atoms with Crippen molar-refractivity contribution in [2.24, 2.45) is 0 Å². The summed E-state index contributed by atoms with van der Waals surface area (Å²) in [4.78, 5) is 13.0. The number of fused-ring (bicyclic) bond motifs is 1. The van der Waals surface area contributed by atoms with Crippen LogP contribution in [0.25, 0.3) is 0 Å². The highest BCUT2D eigenvalue weighted by Gasteiger charge is 2.11. The number of carbonyl (C=O) groups is 1. The van der Waals surface area contributed by atoms with Crippen molar-refractivity contribution in [3.63, 3.8) is 0 Å². The molecule has 1 N–H and O–H groups in total. The summed E-state index contributed by atoms with van der Waals surface area (Å²) in [6.45, 7) is 0.789. The number of ether oxygens (including phenoxy) is 1. The van der Waals surface area contributed by atoms with E-state index in [1.807, 2.05) is 35.7 Å². The minimum atomic E-state index is 0.0270. The molecule has 98 valence electrons. The van der Waals surface area contributed by atoms with Crippen LogP contribution >= 0.6 is 11.3 Å². The van der Waals surface area contributed by atoms with Crippen LogP contribution in [0.2, 0.25) is 0 Å². The second-order valence-electron chi connectivity index (χ2n) is 4.58. The van der Waals surface area contributed by atoms with Gasteiger partial charge in [-0.3, -0.25) is 4.79 Å². The van der Waals surface area contributed by atoms with E-state index in [1.165, 1.54) is 5.56 Å². The standard InChI is InChI=1S/C15H15NO2S/c17-15(10-13-4-2-8-19-13)16-12-5-6-14-11(9-12)3-1-7-18-14/h2,4-6,8-9H,1,3,7,10H2,(H,16,17). The molecule has 0 spiro atoms. The molecule has 0 atom stereocenters. The molecule has 0 saturated heterocycles. The first kappa shape index (κ1) is 12.2. The Morgan fingerprint density at radius 3 is 3.16 bits per heavy atom. The highest BCUT2D eigenvalue weighted by molar-refractivity contribution is 7.10. The molecule has 3 nitrogen and oxygen atoms in total. The molecule has 1 aliphatic rings. The first-order valence-electron chi connectivity index (χ1n) is 6.39. The lowest BCUT2D eigenvalue weighted by Gasteiger charge is -2.18. The molecule has 1 amide bonds. The van der Waals surface area contributed by atoms with Crippen molar-refractivity contribution >= 4 is 22.9 Å². The third-order valence-corrected chi connectivity index (χ3v) is 3.98. The summed E-state index contributed by atoms with van der Waals surface area (Å²) in [7, 11) is 0.